The fourth-order valence-electron chi connectivity index (χ4n) is 3.13. The molecule has 106 valence electrons. The topological polar surface area (TPSA) is 26.0 Å². The van der Waals surface area contributed by atoms with Gasteiger partial charge in [-0.25, -0.2) is 8.78 Å². The van der Waals surface area contributed by atoms with Gasteiger partial charge in [0.25, 0.3) is 0 Å². The Bertz CT molecular complexity index is 437. The summed E-state index contributed by atoms with van der Waals surface area (Å²) in [6.07, 6.45) is 5.56. The number of nitrogens with two attached hydrogens (primary N) is 1. The first kappa shape index (κ1) is 14.4. The minimum Gasteiger partial charge on any atom is -0.324 e. The van der Waals surface area contributed by atoms with Crippen LogP contribution in [0.2, 0.25) is 0 Å². The van der Waals surface area contributed by atoms with Crippen LogP contribution in [0.4, 0.5) is 8.78 Å². The third-order valence-electron chi connectivity index (χ3n) is 4.64. The Balaban J connectivity index is 2.12. The number of aryl methyl sites for hydroxylation is 1. The first-order valence-electron chi connectivity index (χ1n) is 7.24. The number of hydrogen-bond donors (Lipinski definition) is 1. The van der Waals surface area contributed by atoms with Crippen LogP contribution >= 0.6 is 0 Å². The van der Waals surface area contributed by atoms with Gasteiger partial charge in [-0.1, -0.05) is 38.3 Å². The molecule has 1 fully saturated rings. The Morgan fingerprint density at radius 3 is 2.37 bits per heavy atom. The van der Waals surface area contributed by atoms with Crippen molar-refractivity contribution in [3.63, 3.8) is 0 Å². The van der Waals surface area contributed by atoms with E-state index in [0.717, 1.165) is 31.6 Å². The van der Waals surface area contributed by atoms with E-state index in [2.05, 4.69) is 6.92 Å². The van der Waals surface area contributed by atoms with Crippen molar-refractivity contribution in [2.75, 3.05) is 0 Å². The SMILES string of the molecule is CCC1CCC(C(N)c2ccc(C)c(F)c2F)CC1. The van der Waals surface area contributed by atoms with E-state index in [9.17, 15) is 8.78 Å². The summed E-state index contributed by atoms with van der Waals surface area (Å²) in [5, 5.41) is 0. The normalized spacial score (nSPS) is 25.3. The standard InChI is InChI=1S/C16H23F2N/c1-3-11-5-7-12(8-6-11)16(19)13-9-4-10(2)14(17)15(13)18/h4,9,11-12,16H,3,5-8,19H2,1-2H3. The molecule has 3 heteroatoms. The molecule has 0 aliphatic heterocycles. The quantitative estimate of drug-likeness (QED) is 0.858. The van der Waals surface area contributed by atoms with E-state index < -0.39 is 11.6 Å². The fourth-order valence-corrected chi connectivity index (χ4v) is 3.13. The zero-order chi connectivity index (χ0) is 14.0. The molecule has 0 radical (unpaired) electrons. The molecular weight excluding hydrogens is 244 g/mol. The Kier molecular flexibility index (Phi) is 4.56. The van der Waals surface area contributed by atoms with Crippen LogP contribution in [-0.2, 0) is 0 Å². The Hall–Kier alpha value is -0.960. The second-order valence-corrected chi connectivity index (χ2v) is 5.81. The Labute approximate surface area is 114 Å². The predicted molar refractivity (Wildman–Crippen MR) is 73.8 cm³/mol. The Morgan fingerprint density at radius 2 is 1.79 bits per heavy atom. The molecule has 0 saturated heterocycles. The van der Waals surface area contributed by atoms with Crippen molar-refractivity contribution in [2.24, 2.45) is 17.6 Å². The van der Waals surface area contributed by atoms with Crippen molar-refractivity contribution >= 4 is 0 Å². The molecule has 0 aromatic heterocycles. The second kappa shape index (κ2) is 6.00. The van der Waals surface area contributed by atoms with Gasteiger partial charge in [-0.3, -0.25) is 0 Å². The summed E-state index contributed by atoms with van der Waals surface area (Å²) < 4.78 is 27.6. The lowest BCUT2D eigenvalue weighted by Crippen LogP contribution is -2.27. The summed E-state index contributed by atoms with van der Waals surface area (Å²) in [5.41, 5.74) is 6.84. The van der Waals surface area contributed by atoms with E-state index in [1.54, 1.807) is 19.1 Å². The van der Waals surface area contributed by atoms with E-state index in [4.69, 9.17) is 5.73 Å². The van der Waals surface area contributed by atoms with Gasteiger partial charge < -0.3 is 5.73 Å². The molecule has 1 nitrogen and oxygen atoms in total. The minimum absolute atomic E-state index is 0.277. The highest BCUT2D eigenvalue weighted by molar-refractivity contribution is 5.28. The van der Waals surface area contributed by atoms with Crippen LogP contribution in [0.25, 0.3) is 0 Å². The summed E-state index contributed by atoms with van der Waals surface area (Å²) in [6.45, 7) is 3.78. The fraction of sp³-hybridized carbons (Fsp3) is 0.625. The first-order valence-corrected chi connectivity index (χ1v) is 7.24. The van der Waals surface area contributed by atoms with Crippen LogP contribution in [0.15, 0.2) is 12.1 Å². The van der Waals surface area contributed by atoms with Gasteiger partial charge in [-0.05, 0) is 37.2 Å². The maximum atomic E-state index is 14.0. The number of halogens is 2. The molecule has 1 aliphatic rings. The van der Waals surface area contributed by atoms with Crippen molar-refractivity contribution < 1.29 is 8.78 Å². The molecule has 1 aromatic rings. The molecule has 2 rings (SSSR count). The van der Waals surface area contributed by atoms with Gasteiger partial charge >= 0.3 is 0 Å². The van der Waals surface area contributed by atoms with Crippen molar-refractivity contribution in [1.82, 2.24) is 0 Å². The van der Waals surface area contributed by atoms with Crippen LogP contribution in [0.3, 0.4) is 0 Å². The highest BCUT2D eigenvalue weighted by Gasteiger charge is 2.28. The zero-order valence-electron chi connectivity index (χ0n) is 11.8. The van der Waals surface area contributed by atoms with Crippen molar-refractivity contribution in [1.29, 1.82) is 0 Å². The second-order valence-electron chi connectivity index (χ2n) is 5.81. The molecule has 1 atom stereocenters. The number of hydrogen-bond acceptors (Lipinski definition) is 1. The van der Waals surface area contributed by atoms with Gasteiger partial charge in [-0.2, -0.15) is 0 Å². The van der Waals surface area contributed by atoms with Gasteiger partial charge in [0, 0.05) is 11.6 Å². The van der Waals surface area contributed by atoms with Gasteiger partial charge in [0.05, 0.1) is 0 Å². The third-order valence-corrected chi connectivity index (χ3v) is 4.64. The molecule has 1 unspecified atom stereocenters. The lowest BCUT2D eigenvalue weighted by Gasteiger charge is -2.32. The van der Waals surface area contributed by atoms with Crippen LogP contribution in [-0.4, -0.2) is 0 Å². The van der Waals surface area contributed by atoms with E-state index in [-0.39, 0.29) is 12.0 Å². The van der Waals surface area contributed by atoms with E-state index in [1.165, 1.54) is 6.42 Å². The Morgan fingerprint density at radius 1 is 1.16 bits per heavy atom. The molecule has 0 amide bonds. The third kappa shape index (κ3) is 2.97. The summed E-state index contributed by atoms with van der Waals surface area (Å²) in [7, 11) is 0. The zero-order valence-corrected chi connectivity index (χ0v) is 11.8. The highest BCUT2D eigenvalue weighted by atomic mass is 19.2. The molecule has 1 aromatic carbocycles. The summed E-state index contributed by atoms with van der Waals surface area (Å²) in [6, 6.07) is 2.88. The van der Waals surface area contributed by atoms with Gasteiger partial charge in [-0.15, -0.1) is 0 Å². The predicted octanol–water partition coefficient (Wildman–Crippen LogP) is 4.49. The van der Waals surface area contributed by atoms with Crippen LogP contribution in [0, 0.1) is 30.4 Å². The van der Waals surface area contributed by atoms with Crippen LogP contribution < -0.4 is 5.73 Å². The van der Waals surface area contributed by atoms with Gasteiger partial charge in [0.1, 0.15) is 0 Å². The largest absolute Gasteiger partial charge is 0.324 e. The van der Waals surface area contributed by atoms with Gasteiger partial charge in [0.15, 0.2) is 11.6 Å². The molecule has 0 spiro atoms. The number of rotatable bonds is 3. The first-order chi connectivity index (χ1) is 9.04. The molecule has 0 heterocycles. The summed E-state index contributed by atoms with van der Waals surface area (Å²) in [5.74, 6) is -0.456. The van der Waals surface area contributed by atoms with Gasteiger partial charge in [0.2, 0.25) is 0 Å². The van der Waals surface area contributed by atoms with Crippen molar-refractivity contribution in [3.05, 3.63) is 34.9 Å². The van der Waals surface area contributed by atoms with Crippen molar-refractivity contribution in [3.8, 4) is 0 Å². The smallest absolute Gasteiger partial charge is 0.163 e. The maximum Gasteiger partial charge on any atom is 0.163 e. The highest BCUT2D eigenvalue weighted by Crippen LogP contribution is 2.37. The molecule has 1 aliphatic carbocycles. The molecule has 2 N–H and O–H groups in total. The monoisotopic (exact) mass is 267 g/mol. The molecule has 1 saturated carbocycles. The lowest BCUT2D eigenvalue weighted by atomic mass is 9.76. The summed E-state index contributed by atoms with van der Waals surface area (Å²) >= 11 is 0. The van der Waals surface area contributed by atoms with E-state index >= 15 is 0 Å². The lowest BCUT2D eigenvalue weighted by molar-refractivity contribution is 0.237. The minimum atomic E-state index is -0.759. The average Bonchev–Trinajstić information content (AvgIpc) is 2.44. The molecular formula is C16H23F2N. The van der Waals surface area contributed by atoms with Crippen LogP contribution in [0.1, 0.15) is 56.2 Å². The van der Waals surface area contributed by atoms with E-state index in [0.29, 0.717) is 11.1 Å². The van der Waals surface area contributed by atoms with Crippen LogP contribution in [0.5, 0.6) is 0 Å². The van der Waals surface area contributed by atoms with Crippen molar-refractivity contribution in [2.45, 2.75) is 52.0 Å². The molecule has 0 bridgehead atoms. The molecule has 19 heavy (non-hydrogen) atoms. The average molecular weight is 267 g/mol. The maximum absolute atomic E-state index is 14.0. The van der Waals surface area contributed by atoms with E-state index in [1.807, 2.05) is 0 Å². The number of benzene rings is 1. The summed E-state index contributed by atoms with van der Waals surface area (Å²) in [4.78, 5) is 0.